The first-order valence-electron chi connectivity index (χ1n) is 10.2. The summed E-state index contributed by atoms with van der Waals surface area (Å²) in [6.45, 7) is 0. The van der Waals surface area contributed by atoms with Crippen molar-refractivity contribution in [2.45, 2.75) is 0 Å². The fourth-order valence-electron chi connectivity index (χ4n) is 3.65. The Morgan fingerprint density at radius 2 is 1.73 bits per heavy atom. The Bertz CT molecular complexity index is 1460. The van der Waals surface area contributed by atoms with Gasteiger partial charge in [-0.15, -0.1) is 5.16 Å². The lowest BCUT2D eigenvalue weighted by Crippen LogP contribution is -2.18. The first-order valence-corrected chi connectivity index (χ1v) is 10.2. The molecule has 3 heterocycles. The SMILES string of the molecule is CO/N=C(/[O-])c1ccc(-n2c(-c3cccnc3N)nc3ccc(-c4ccccc4)nc32)cc1. The zero-order valence-corrected chi connectivity index (χ0v) is 17.7. The van der Waals surface area contributed by atoms with Gasteiger partial charge in [-0.3, -0.25) is 4.57 Å². The molecule has 0 unspecified atom stereocenters. The number of nitrogens with zero attached hydrogens (tertiary/aromatic N) is 5. The molecule has 8 heteroatoms. The van der Waals surface area contributed by atoms with Crippen molar-refractivity contribution in [2.24, 2.45) is 5.16 Å². The number of fused-ring (bicyclic) bond motifs is 1. The van der Waals surface area contributed by atoms with Gasteiger partial charge in [0.1, 0.15) is 18.4 Å². The molecule has 0 amide bonds. The lowest BCUT2D eigenvalue weighted by Gasteiger charge is -2.13. The number of hydrogen-bond acceptors (Lipinski definition) is 7. The van der Waals surface area contributed by atoms with Crippen molar-refractivity contribution < 1.29 is 9.94 Å². The van der Waals surface area contributed by atoms with Crippen molar-refractivity contribution in [1.82, 2.24) is 19.5 Å². The van der Waals surface area contributed by atoms with Gasteiger partial charge < -0.3 is 15.7 Å². The lowest BCUT2D eigenvalue weighted by molar-refractivity contribution is -0.217. The van der Waals surface area contributed by atoms with Gasteiger partial charge in [-0.1, -0.05) is 42.5 Å². The van der Waals surface area contributed by atoms with Crippen molar-refractivity contribution >= 4 is 22.9 Å². The summed E-state index contributed by atoms with van der Waals surface area (Å²) in [4.78, 5) is 18.5. The normalized spacial score (nSPS) is 11.6. The number of hydrogen-bond donors (Lipinski definition) is 1. The van der Waals surface area contributed by atoms with Gasteiger partial charge >= 0.3 is 0 Å². The number of nitrogens with two attached hydrogens (primary N) is 1. The van der Waals surface area contributed by atoms with Crippen LogP contribution < -0.4 is 10.8 Å². The Labute approximate surface area is 189 Å². The topological polar surface area (TPSA) is 114 Å². The minimum Gasteiger partial charge on any atom is -0.856 e. The molecule has 33 heavy (non-hydrogen) atoms. The van der Waals surface area contributed by atoms with Crippen LogP contribution in [0.25, 0.3) is 39.5 Å². The molecule has 0 bridgehead atoms. The molecular weight excluding hydrogens is 416 g/mol. The Kier molecular flexibility index (Phi) is 5.16. The minimum atomic E-state index is -0.458. The molecule has 2 N–H and O–H groups in total. The second-order valence-corrected chi connectivity index (χ2v) is 7.24. The molecule has 0 spiro atoms. The predicted octanol–water partition coefficient (Wildman–Crippen LogP) is 3.40. The Hall–Kier alpha value is -4.72. The van der Waals surface area contributed by atoms with E-state index in [1.807, 2.05) is 71.3 Å². The summed E-state index contributed by atoms with van der Waals surface area (Å²) >= 11 is 0. The first-order chi connectivity index (χ1) is 16.2. The van der Waals surface area contributed by atoms with Crippen LogP contribution in [-0.2, 0) is 4.84 Å². The van der Waals surface area contributed by atoms with E-state index in [0.29, 0.717) is 33.9 Å². The van der Waals surface area contributed by atoms with Gasteiger partial charge in [0.05, 0.1) is 11.3 Å². The van der Waals surface area contributed by atoms with Crippen LogP contribution in [0.5, 0.6) is 0 Å². The molecule has 0 aliphatic carbocycles. The molecule has 0 radical (unpaired) electrons. The zero-order valence-electron chi connectivity index (χ0n) is 17.7. The molecule has 0 aliphatic heterocycles. The summed E-state index contributed by atoms with van der Waals surface area (Å²) in [7, 11) is 1.34. The van der Waals surface area contributed by atoms with Crippen LogP contribution in [0.1, 0.15) is 5.56 Å². The van der Waals surface area contributed by atoms with Gasteiger partial charge in [0.2, 0.25) is 0 Å². The van der Waals surface area contributed by atoms with Crippen molar-refractivity contribution in [1.29, 1.82) is 0 Å². The number of pyridine rings is 2. The van der Waals surface area contributed by atoms with Crippen molar-refractivity contribution in [3.63, 3.8) is 0 Å². The van der Waals surface area contributed by atoms with E-state index in [2.05, 4.69) is 15.0 Å². The van der Waals surface area contributed by atoms with E-state index in [1.165, 1.54) is 7.11 Å². The highest BCUT2D eigenvalue weighted by atomic mass is 16.6. The third-order valence-electron chi connectivity index (χ3n) is 5.20. The maximum atomic E-state index is 12.0. The summed E-state index contributed by atoms with van der Waals surface area (Å²) in [5, 5.41) is 15.5. The second kappa shape index (κ2) is 8.43. The van der Waals surface area contributed by atoms with Crippen LogP contribution in [0.15, 0.2) is 90.2 Å². The summed E-state index contributed by atoms with van der Waals surface area (Å²) < 4.78 is 1.91. The fraction of sp³-hybridized carbons (Fsp3) is 0.0400. The smallest absolute Gasteiger partial charge is 0.165 e. The highest BCUT2D eigenvalue weighted by Gasteiger charge is 2.18. The molecule has 2 aromatic carbocycles. The number of nitrogen functional groups attached to an aromatic ring is 1. The quantitative estimate of drug-likeness (QED) is 0.257. The summed E-state index contributed by atoms with van der Waals surface area (Å²) in [5.74, 6) is 0.512. The average molecular weight is 435 g/mol. The highest BCUT2D eigenvalue weighted by Crippen LogP contribution is 2.31. The highest BCUT2D eigenvalue weighted by molar-refractivity contribution is 5.91. The zero-order chi connectivity index (χ0) is 22.8. The summed E-state index contributed by atoms with van der Waals surface area (Å²) in [6.07, 6.45) is 1.64. The van der Waals surface area contributed by atoms with Gasteiger partial charge in [-0.25, -0.2) is 15.0 Å². The van der Waals surface area contributed by atoms with E-state index >= 15 is 0 Å². The fourth-order valence-corrected chi connectivity index (χ4v) is 3.65. The number of aromatic nitrogens is 4. The number of benzene rings is 2. The number of rotatable bonds is 5. The number of oxime groups is 1. The molecule has 162 valence electrons. The third-order valence-corrected chi connectivity index (χ3v) is 5.20. The maximum Gasteiger partial charge on any atom is 0.165 e. The molecule has 5 rings (SSSR count). The number of anilines is 1. The third kappa shape index (κ3) is 3.74. The van der Waals surface area contributed by atoms with Crippen LogP contribution in [0.4, 0.5) is 5.82 Å². The van der Waals surface area contributed by atoms with E-state index in [-0.39, 0.29) is 0 Å². The van der Waals surface area contributed by atoms with Gasteiger partial charge in [-0.2, -0.15) is 0 Å². The average Bonchev–Trinajstić information content (AvgIpc) is 3.23. The largest absolute Gasteiger partial charge is 0.856 e. The van der Waals surface area contributed by atoms with Crippen LogP contribution in [0, 0.1) is 0 Å². The molecule has 8 nitrogen and oxygen atoms in total. The Morgan fingerprint density at radius 1 is 0.939 bits per heavy atom. The molecular formula is C25H19N6O2-. The molecule has 5 aromatic rings. The van der Waals surface area contributed by atoms with Crippen molar-refractivity contribution in [2.75, 3.05) is 12.8 Å². The Morgan fingerprint density at radius 3 is 2.45 bits per heavy atom. The first kappa shape index (κ1) is 20.2. The van der Waals surface area contributed by atoms with Crippen LogP contribution in [-0.4, -0.2) is 32.5 Å². The Balaban J connectivity index is 1.74. The van der Waals surface area contributed by atoms with Crippen molar-refractivity contribution in [3.8, 4) is 28.3 Å². The lowest BCUT2D eigenvalue weighted by atomic mass is 10.1. The van der Waals surface area contributed by atoms with Gasteiger partial charge in [-0.05, 0) is 42.0 Å². The summed E-state index contributed by atoms with van der Waals surface area (Å²) in [6, 6.07) is 24.5. The maximum absolute atomic E-state index is 12.0. The van der Waals surface area contributed by atoms with E-state index in [9.17, 15) is 5.11 Å². The van der Waals surface area contributed by atoms with Crippen LogP contribution in [0.3, 0.4) is 0 Å². The molecule has 0 saturated heterocycles. The van der Waals surface area contributed by atoms with Crippen LogP contribution in [0.2, 0.25) is 0 Å². The van der Waals surface area contributed by atoms with E-state index < -0.39 is 5.90 Å². The predicted molar refractivity (Wildman–Crippen MR) is 125 cm³/mol. The van der Waals surface area contributed by atoms with Crippen molar-refractivity contribution in [3.05, 3.63) is 90.6 Å². The molecule has 0 saturated carbocycles. The molecule has 0 aliphatic rings. The standard InChI is InChI=1S/C25H20N6O2/c1-33-30-25(32)17-9-11-18(12-10-17)31-23(19-8-5-15-27-22(19)26)29-21-14-13-20(28-24(21)31)16-6-3-2-4-7-16/h2-15H,1H3,(H2,26,27)(H,30,32)/p-1. The molecule has 0 atom stereocenters. The second-order valence-electron chi connectivity index (χ2n) is 7.24. The van der Waals surface area contributed by atoms with Gasteiger partial charge in [0.25, 0.3) is 0 Å². The monoisotopic (exact) mass is 435 g/mol. The van der Waals surface area contributed by atoms with Crippen LogP contribution >= 0.6 is 0 Å². The number of imidazole rings is 1. The van der Waals surface area contributed by atoms with E-state index in [0.717, 1.165) is 16.9 Å². The molecule has 0 fully saturated rings. The van der Waals surface area contributed by atoms with Gasteiger partial charge in [0.15, 0.2) is 11.5 Å². The van der Waals surface area contributed by atoms with Gasteiger partial charge in [0, 0.05) is 23.3 Å². The van der Waals surface area contributed by atoms with E-state index in [4.69, 9.17) is 15.7 Å². The summed E-state index contributed by atoms with van der Waals surface area (Å²) in [5.41, 5.74) is 11.2. The molecule has 3 aromatic heterocycles. The minimum absolute atomic E-state index is 0.364. The van der Waals surface area contributed by atoms with E-state index in [1.54, 1.807) is 18.3 Å².